The first-order valence-electron chi connectivity index (χ1n) is 4.95. The third-order valence-electron chi connectivity index (χ3n) is 2.97. The molecule has 1 aliphatic rings. The summed E-state index contributed by atoms with van der Waals surface area (Å²) in [5, 5.41) is 1.13. The number of nitrogens with zero attached hydrogens (tertiary/aromatic N) is 3. The normalized spacial score (nSPS) is 15.7. The lowest BCUT2D eigenvalue weighted by atomic mass is 9.96. The number of nitrogen functional groups attached to an aromatic ring is 1. The number of fused-ring (bicyclic) bond motifs is 3. The Kier molecular flexibility index (Phi) is 1.50. The van der Waals surface area contributed by atoms with Crippen LogP contribution in [0.25, 0.3) is 11.0 Å². The van der Waals surface area contributed by atoms with Gasteiger partial charge in [0.15, 0.2) is 5.65 Å². The maximum absolute atomic E-state index is 5.99. The van der Waals surface area contributed by atoms with E-state index in [0.29, 0.717) is 0 Å². The number of aromatic nitrogens is 3. The Hall–Kier alpha value is -1.58. The summed E-state index contributed by atoms with van der Waals surface area (Å²) in [6.45, 7) is 0. The number of rotatable bonds is 0. The van der Waals surface area contributed by atoms with Crippen LogP contribution in [0.15, 0.2) is 12.5 Å². The van der Waals surface area contributed by atoms with Gasteiger partial charge in [-0.3, -0.25) is 0 Å². The minimum absolute atomic E-state index is 0.868. The molecule has 2 N–H and O–H groups in total. The topological polar surface area (TPSA) is 56.7 Å². The Bertz CT molecular complexity index is 486. The van der Waals surface area contributed by atoms with Crippen molar-refractivity contribution < 1.29 is 0 Å². The molecule has 0 saturated heterocycles. The Morgan fingerprint density at radius 1 is 1.29 bits per heavy atom. The molecule has 0 spiro atoms. The summed E-state index contributed by atoms with van der Waals surface area (Å²) in [6.07, 6.45) is 8.09. The van der Waals surface area contributed by atoms with Gasteiger partial charge in [0.1, 0.15) is 6.33 Å². The van der Waals surface area contributed by atoms with Crippen molar-refractivity contribution in [3.8, 4) is 0 Å². The standard InChI is InChI=1S/C10H12N4/c11-14-9-4-2-1-3-7(9)8-5-12-6-13-10(8)14/h5-6H,1-4,11H2. The zero-order valence-electron chi connectivity index (χ0n) is 7.90. The van der Waals surface area contributed by atoms with Crippen molar-refractivity contribution in [1.29, 1.82) is 0 Å². The van der Waals surface area contributed by atoms with E-state index in [2.05, 4.69) is 9.97 Å². The summed E-state index contributed by atoms with van der Waals surface area (Å²) in [7, 11) is 0. The van der Waals surface area contributed by atoms with E-state index in [-0.39, 0.29) is 0 Å². The molecule has 0 aromatic carbocycles. The van der Waals surface area contributed by atoms with Crippen molar-refractivity contribution in [2.45, 2.75) is 25.7 Å². The minimum atomic E-state index is 0.868. The molecule has 14 heavy (non-hydrogen) atoms. The largest absolute Gasteiger partial charge is 0.337 e. The van der Waals surface area contributed by atoms with Gasteiger partial charge >= 0.3 is 0 Å². The van der Waals surface area contributed by atoms with Crippen LogP contribution in [-0.4, -0.2) is 14.6 Å². The number of hydrogen-bond acceptors (Lipinski definition) is 3. The molecular formula is C10H12N4. The fourth-order valence-electron chi connectivity index (χ4n) is 2.30. The monoisotopic (exact) mass is 188 g/mol. The van der Waals surface area contributed by atoms with E-state index in [1.807, 2.05) is 6.20 Å². The first-order valence-corrected chi connectivity index (χ1v) is 4.95. The van der Waals surface area contributed by atoms with Crippen molar-refractivity contribution >= 4 is 11.0 Å². The third kappa shape index (κ3) is 0.880. The van der Waals surface area contributed by atoms with Crippen LogP contribution in [0.4, 0.5) is 0 Å². The van der Waals surface area contributed by atoms with Gasteiger partial charge in [-0.1, -0.05) is 0 Å². The van der Waals surface area contributed by atoms with Crippen molar-refractivity contribution in [2.24, 2.45) is 0 Å². The van der Waals surface area contributed by atoms with Crippen LogP contribution < -0.4 is 5.84 Å². The highest BCUT2D eigenvalue weighted by atomic mass is 15.3. The smallest absolute Gasteiger partial charge is 0.162 e. The highest BCUT2D eigenvalue weighted by Gasteiger charge is 2.19. The van der Waals surface area contributed by atoms with Gasteiger partial charge in [0, 0.05) is 17.3 Å². The molecule has 2 heterocycles. The van der Waals surface area contributed by atoms with Crippen LogP contribution in [0.3, 0.4) is 0 Å². The van der Waals surface area contributed by atoms with Crippen molar-refractivity contribution in [3.05, 3.63) is 23.8 Å². The molecule has 0 radical (unpaired) electrons. The van der Waals surface area contributed by atoms with Gasteiger partial charge in [-0.15, -0.1) is 0 Å². The van der Waals surface area contributed by atoms with Gasteiger partial charge in [0.05, 0.1) is 0 Å². The number of aryl methyl sites for hydroxylation is 1. The van der Waals surface area contributed by atoms with E-state index < -0.39 is 0 Å². The molecule has 2 aromatic heterocycles. The van der Waals surface area contributed by atoms with Gasteiger partial charge in [0.25, 0.3) is 0 Å². The second kappa shape index (κ2) is 2.70. The first kappa shape index (κ1) is 7.79. The molecule has 0 amide bonds. The second-order valence-electron chi connectivity index (χ2n) is 3.76. The van der Waals surface area contributed by atoms with E-state index >= 15 is 0 Å². The van der Waals surface area contributed by atoms with E-state index in [0.717, 1.165) is 23.9 Å². The lowest BCUT2D eigenvalue weighted by Crippen LogP contribution is -2.15. The van der Waals surface area contributed by atoms with E-state index in [9.17, 15) is 0 Å². The molecule has 0 atom stereocenters. The highest BCUT2D eigenvalue weighted by Crippen LogP contribution is 2.28. The molecule has 0 bridgehead atoms. The van der Waals surface area contributed by atoms with Crippen molar-refractivity contribution in [1.82, 2.24) is 14.6 Å². The van der Waals surface area contributed by atoms with Crippen LogP contribution in [0, 0.1) is 0 Å². The van der Waals surface area contributed by atoms with Crippen molar-refractivity contribution in [3.63, 3.8) is 0 Å². The second-order valence-corrected chi connectivity index (χ2v) is 3.76. The maximum atomic E-state index is 5.99. The molecule has 2 aromatic rings. The van der Waals surface area contributed by atoms with Gasteiger partial charge in [-0.25, -0.2) is 14.6 Å². The van der Waals surface area contributed by atoms with E-state index in [4.69, 9.17) is 5.84 Å². The summed E-state index contributed by atoms with van der Waals surface area (Å²) in [4.78, 5) is 8.27. The Morgan fingerprint density at radius 2 is 2.14 bits per heavy atom. The molecule has 1 aliphatic carbocycles. The van der Waals surface area contributed by atoms with Gasteiger partial charge in [0.2, 0.25) is 0 Å². The lowest BCUT2D eigenvalue weighted by Gasteiger charge is -2.12. The minimum Gasteiger partial charge on any atom is -0.337 e. The Balaban J connectivity index is 2.41. The third-order valence-corrected chi connectivity index (χ3v) is 2.97. The van der Waals surface area contributed by atoms with Gasteiger partial charge in [-0.2, -0.15) is 0 Å². The van der Waals surface area contributed by atoms with Crippen LogP contribution in [0.2, 0.25) is 0 Å². The average Bonchev–Trinajstić information content (AvgIpc) is 2.55. The molecule has 0 saturated carbocycles. The fourth-order valence-corrected chi connectivity index (χ4v) is 2.30. The first-order chi connectivity index (χ1) is 6.88. The molecule has 72 valence electrons. The summed E-state index contributed by atoms with van der Waals surface area (Å²) in [5.74, 6) is 5.99. The van der Waals surface area contributed by atoms with Gasteiger partial charge < -0.3 is 5.84 Å². The Morgan fingerprint density at radius 3 is 3.07 bits per heavy atom. The van der Waals surface area contributed by atoms with Crippen molar-refractivity contribution in [2.75, 3.05) is 5.84 Å². The fraction of sp³-hybridized carbons (Fsp3) is 0.400. The summed E-state index contributed by atoms with van der Waals surface area (Å²) in [6, 6.07) is 0. The predicted molar refractivity (Wildman–Crippen MR) is 54.3 cm³/mol. The quantitative estimate of drug-likeness (QED) is 0.628. The summed E-state index contributed by atoms with van der Waals surface area (Å²) < 4.78 is 1.73. The Labute approximate surface area is 81.7 Å². The lowest BCUT2D eigenvalue weighted by molar-refractivity contribution is 0.661. The number of hydrogen-bond donors (Lipinski definition) is 1. The number of nitrogens with two attached hydrogens (primary N) is 1. The molecule has 0 fully saturated rings. The molecule has 4 nitrogen and oxygen atoms in total. The van der Waals surface area contributed by atoms with E-state index in [1.165, 1.54) is 24.1 Å². The maximum Gasteiger partial charge on any atom is 0.162 e. The highest BCUT2D eigenvalue weighted by molar-refractivity contribution is 5.81. The van der Waals surface area contributed by atoms with Crippen LogP contribution in [0.1, 0.15) is 24.1 Å². The van der Waals surface area contributed by atoms with E-state index in [1.54, 1.807) is 11.0 Å². The zero-order chi connectivity index (χ0) is 9.54. The van der Waals surface area contributed by atoms with Crippen LogP contribution in [0.5, 0.6) is 0 Å². The van der Waals surface area contributed by atoms with Gasteiger partial charge in [-0.05, 0) is 31.2 Å². The predicted octanol–water partition coefficient (Wildman–Crippen LogP) is 1.02. The molecule has 4 heteroatoms. The average molecular weight is 188 g/mol. The summed E-state index contributed by atoms with van der Waals surface area (Å²) in [5.41, 5.74) is 3.47. The molecule has 0 unspecified atom stereocenters. The SMILES string of the molecule is Nn1c2c(c3cncnc31)CCCC2. The molecule has 3 rings (SSSR count). The molecule has 0 aliphatic heterocycles. The molecular weight excluding hydrogens is 176 g/mol. The summed E-state index contributed by atoms with van der Waals surface area (Å²) >= 11 is 0. The zero-order valence-corrected chi connectivity index (χ0v) is 7.90. The van der Waals surface area contributed by atoms with Crippen LogP contribution in [-0.2, 0) is 12.8 Å². The van der Waals surface area contributed by atoms with Crippen LogP contribution >= 0.6 is 0 Å².